The molecule has 1 saturated heterocycles. The van der Waals surface area contributed by atoms with Crippen LogP contribution in [0.3, 0.4) is 0 Å². The summed E-state index contributed by atoms with van der Waals surface area (Å²) < 4.78 is 18.9. The summed E-state index contributed by atoms with van der Waals surface area (Å²) in [6, 6.07) is 5.21. The van der Waals surface area contributed by atoms with Crippen LogP contribution < -0.4 is 0 Å². The molecule has 2 atom stereocenters. The number of aliphatic imine (C=N–C) groups is 1. The third-order valence-corrected chi connectivity index (χ3v) is 5.79. The minimum absolute atomic E-state index is 0.0859. The quantitative estimate of drug-likeness (QED) is 0.712. The van der Waals surface area contributed by atoms with Gasteiger partial charge in [-0.1, -0.05) is 44.7 Å². The normalized spacial score (nSPS) is 22.2. The number of ether oxygens (including phenoxy) is 1. The molecule has 5 nitrogen and oxygen atoms in total. The Morgan fingerprint density at radius 2 is 2.00 bits per heavy atom. The molecule has 2 aliphatic heterocycles. The summed E-state index contributed by atoms with van der Waals surface area (Å²) in [5.74, 6) is -0.759. The summed E-state index contributed by atoms with van der Waals surface area (Å²) in [5.41, 5.74) is 1.52. The summed E-state index contributed by atoms with van der Waals surface area (Å²) in [5, 5.41) is 0.351. The number of fused-ring (bicyclic) bond motifs is 1. The van der Waals surface area contributed by atoms with Gasteiger partial charge >= 0.3 is 5.97 Å². The van der Waals surface area contributed by atoms with Gasteiger partial charge < -0.3 is 4.74 Å². The van der Waals surface area contributed by atoms with Crippen LogP contribution in [0.25, 0.3) is 0 Å². The van der Waals surface area contributed by atoms with Gasteiger partial charge in [0.05, 0.1) is 29.2 Å². The van der Waals surface area contributed by atoms with Gasteiger partial charge in [0.15, 0.2) is 5.17 Å². The second-order valence-corrected chi connectivity index (χ2v) is 8.23. The smallest absolute Gasteiger partial charge is 0.338 e. The molecular formula is C20H23FN2O3S. The van der Waals surface area contributed by atoms with Gasteiger partial charge in [-0.3, -0.25) is 9.69 Å². The van der Waals surface area contributed by atoms with Crippen LogP contribution in [-0.4, -0.2) is 33.8 Å². The Balaban J connectivity index is 2.06. The van der Waals surface area contributed by atoms with E-state index in [1.165, 1.54) is 23.9 Å². The maximum absolute atomic E-state index is 13.4. The van der Waals surface area contributed by atoms with Gasteiger partial charge in [0.2, 0.25) is 5.91 Å². The first-order valence-corrected chi connectivity index (χ1v) is 9.93. The molecule has 0 radical (unpaired) electrons. The molecule has 1 aromatic rings. The molecule has 144 valence electrons. The molecule has 0 aromatic heterocycles. The molecule has 3 rings (SSSR count). The Kier molecular flexibility index (Phi) is 5.69. The average Bonchev–Trinajstić information content (AvgIpc) is 2.94. The number of carbonyl (C=O) groups excluding carboxylic acids is 2. The highest BCUT2D eigenvalue weighted by Crippen LogP contribution is 2.44. The first-order chi connectivity index (χ1) is 12.8. The Labute approximate surface area is 162 Å². The fraction of sp³-hybridized carbons (Fsp3) is 0.450. The maximum Gasteiger partial charge on any atom is 0.338 e. The van der Waals surface area contributed by atoms with Crippen LogP contribution >= 0.6 is 11.8 Å². The lowest BCUT2D eigenvalue weighted by molar-refractivity contribution is -0.141. The number of nitrogens with zero attached hydrogens (tertiary/aromatic N) is 2. The number of carbonyl (C=O) groups is 2. The molecule has 0 spiro atoms. The van der Waals surface area contributed by atoms with E-state index in [4.69, 9.17) is 4.74 Å². The Morgan fingerprint density at radius 3 is 2.59 bits per heavy atom. The standard InChI is InChI=1S/C20H23FN2O3S/c1-5-15-18(24)23-17(13-6-8-14(21)9-7-13)16(12(4)22-20(23)27-15)19(25)26-10-11(2)3/h6-9,11,15,17H,5,10H2,1-4H3/t15-,17+/m0/s1. The predicted octanol–water partition coefficient (Wildman–Crippen LogP) is 4.06. The number of esters is 1. The largest absolute Gasteiger partial charge is 0.462 e. The minimum atomic E-state index is -0.658. The average molecular weight is 390 g/mol. The van der Waals surface area contributed by atoms with Gasteiger partial charge in [0, 0.05) is 0 Å². The van der Waals surface area contributed by atoms with Crippen LogP contribution in [0.1, 0.15) is 45.7 Å². The van der Waals surface area contributed by atoms with Gasteiger partial charge in [-0.05, 0) is 37.0 Å². The SMILES string of the molecule is CC[C@@H]1SC2=NC(C)=C(C(=O)OCC(C)C)[C@@H](c3ccc(F)cc3)N2C1=O. The van der Waals surface area contributed by atoms with Gasteiger partial charge in [-0.25, -0.2) is 14.2 Å². The molecule has 0 saturated carbocycles. The highest BCUT2D eigenvalue weighted by molar-refractivity contribution is 8.15. The summed E-state index contributed by atoms with van der Waals surface area (Å²) >= 11 is 1.41. The van der Waals surface area contributed by atoms with Crippen molar-refractivity contribution in [1.29, 1.82) is 0 Å². The van der Waals surface area contributed by atoms with E-state index in [1.807, 2.05) is 20.8 Å². The molecule has 0 bridgehead atoms. The lowest BCUT2D eigenvalue weighted by Crippen LogP contribution is -2.41. The zero-order chi connectivity index (χ0) is 19.7. The topological polar surface area (TPSA) is 59.0 Å². The highest BCUT2D eigenvalue weighted by Gasteiger charge is 2.47. The van der Waals surface area contributed by atoms with Crippen LogP contribution in [0.4, 0.5) is 4.39 Å². The van der Waals surface area contributed by atoms with Crippen molar-refractivity contribution in [2.75, 3.05) is 6.61 Å². The van der Waals surface area contributed by atoms with Gasteiger partial charge in [0.25, 0.3) is 0 Å². The number of hydrogen-bond acceptors (Lipinski definition) is 5. The summed E-state index contributed by atoms with van der Waals surface area (Å²) in [7, 11) is 0. The van der Waals surface area contributed by atoms with E-state index in [0.29, 0.717) is 28.4 Å². The molecule has 1 fully saturated rings. The number of amides is 1. The van der Waals surface area contributed by atoms with Crippen LogP contribution in [0.15, 0.2) is 40.5 Å². The number of benzene rings is 1. The monoisotopic (exact) mass is 390 g/mol. The van der Waals surface area contributed by atoms with Gasteiger partial charge in [-0.15, -0.1) is 0 Å². The third-order valence-electron chi connectivity index (χ3n) is 4.48. The van der Waals surface area contributed by atoms with Crippen molar-refractivity contribution >= 4 is 28.8 Å². The number of thioether (sulfide) groups is 1. The maximum atomic E-state index is 13.4. The molecule has 2 aliphatic rings. The fourth-order valence-corrected chi connectivity index (χ4v) is 4.26. The van der Waals surface area contributed by atoms with Crippen LogP contribution in [0.5, 0.6) is 0 Å². The minimum Gasteiger partial charge on any atom is -0.462 e. The molecule has 27 heavy (non-hydrogen) atoms. The van der Waals surface area contributed by atoms with E-state index in [9.17, 15) is 14.0 Å². The summed E-state index contributed by atoms with van der Waals surface area (Å²) in [6.07, 6.45) is 0.668. The van der Waals surface area contributed by atoms with Crippen molar-refractivity contribution in [1.82, 2.24) is 4.90 Å². The second kappa shape index (κ2) is 7.84. The first-order valence-electron chi connectivity index (χ1n) is 9.05. The molecule has 0 unspecified atom stereocenters. The van der Waals surface area contributed by atoms with Gasteiger partial charge in [-0.2, -0.15) is 0 Å². The summed E-state index contributed by atoms with van der Waals surface area (Å²) in [4.78, 5) is 31.8. The molecule has 1 aromatic carbocycles. The zero-order valence-electron chi connectivity index (χ0n) is 15.9. The third kappa shape index (κ3) is 3.78. The number of hydrogen-bond donors (Lipinski definition) is 0. The number of rotatable bonds is 5. The molecule has 0 N–H and O–H groups in total. The van der Waals surface area contributed by atoms with Crippen LogP contribution in [0.2, 0.25) is 0 Å². The van der Waals surface area contributed by atoms with Crippen molar-refractivity contribution < 1.29 is 18.7 Å². The Morgan fingerprint density at radius 1 is 1.33 bits per heavy atom. The zero-order valence-corrected chi connectivity index (χ0v) is 16.7. The van der Waals surface area contributed by atoms with Crippen molar-refractivity contribution in [3.63, 3.8) is 0 Å². The molecule has 1 amide bonds. The second-order valence-electron chi connectivity index (χ2n) is 7.06. The molecule has 2 heterocycles. The number of amidine groups is 1. The highest BCUT2D eigenvalue weighted by atomic mass is 32.2. The predicted molar refractivity (Wildman–Crippen MR) is 104 cm³/mol. The van der Waals surface area contributed by atoms with E-state index < -0.39 is 12.0 Å². The van der Waals surface area contributed by atoms with E-state index in [-0.39, 0.29) is 29.5 Å². The van der Waals surface area contributed by atoms with Crippen molar-refractivity contribution in [2.45, 2.75) is 45.4 Å². The van der Waals surface area contributed by atoms with E-state index in [2.05, 4.69) is 4.99 Å². The molecular weight excluding hydrogens is 367 g/mol. The van der Waals surface area contributed by atoms with Crippen LogP contribution in [0, 0.1) is 11.7 Å². The van der Waals surface area contributed by atoms with E-state index in [1.54, 1.807) is 24.0 Å². The van der Waals surface area contributed by atoms with E-state index in [0.717, 1.165) is 0 Å². The van der Waals surface area contributed by atoms with Crippen molar-refractivity contribution in [3.8, 4) is 0 Å². The van der Waals surface area contributed by atoms with Gasteiger partial charge in [0.1, 0.15) is 5.82 Å². The van der Waals surface area contributed by atoms with Crippen LogP contribution in [-0.2, 0) is 14.3 Å². The fourth-order valence-electron chi connectivity index (χ4n) is 3.13. The molecule has 7 heteroatoms. The number of halogens is 1. The van der Waals surface area contributed by atoms with Crippen molar-refractivity contribution in [2.24, 2.45) is 10.9 Å². The Bertz CT molecular complexity index is 817. The number of allylic oxidation sites excluding steroid dienone is 1. The molecule has 0 aliphatic carbocycles. The lowest BCUT2D eigenvalue weighted by atomic mass is 9.94. The van der Waals surface area contributed by atoms with Crippen molar-refractivity contribution in [3.05, 3.63) is 46.9 Å². The Hall–Kier alpha value is -2.15. The lowest BCUT2D eigenvalue weighted by Gasteiger charge is -2.33. The van der Waals surface area contributed by atoms with E-state index >= 15 is 0 Å². The first kappa shape index (κ1) is 19.6. The summed E-state index contributed by atoms with van der Waals surface area (Å²) in [6.45, 7) is 7.88.